The molecule has 0 aliphatic heterocycles. The van der Waals surface area contributed by atoms with Crippen molar-refractivity contribution in [3.8, 4) is 17.1 Å². The highest BCUT2D eigenvalue weighted by atomic mass is 16.5. The summed E-state index contributed by atoms with van der Waals surface area (Å²) in [6.45, 7) is 8.50. The van der Waals surface area contributed by atoms with E-state index in [0.29, 0.717) is 5.92 Å². The third kappa shape index (κ3) is 2.58. The fourth-order valence-corrected chi connectivity index (χ4v) is 3.12. The molecular weight excluding hydrogens is 286 g/mol. The van der Waals surface area contributed by atoms with Gasteiger partial charge in [0.15, 0.2) is 0 Å². The van der Waals surface area contributed by atoms with Gasteiger partial charge in [0.25, 0.3) is 0 Å². The highest BCUT2D eigenvalue weighted by Crippen LogP contribution is 2.34. The average molecular weight is 309 g/mol. The van der Waals surface area contributed by atoms with Crippen molar-refractivity contribution in [2.24, 2.45) is 7.05 Å². The summed E-state index contributed by atoms with van der Waals surface area (Å²) in [5.74, 6) is 1.29. The number of rotatable bonds is 3. The summed E-state index contributed by atoms with van der Waals surface area (Å²) in [5.41, 5.74) is 6.37. The van der Waals surface area contributed by atoms with Crippen LogP contribution < -0.4 is 4.74 Å². The van der Waals surface area contributed by atoms with Gasteiger partial charge in [-0.05, 0) is 49.6 Å². The minimum atomic E-state index is 0.418. The van der Waals surface area contributed by atoms with Crippen molar-refractivity contribution in [1.82, 2.24) is 14.8 Å². The van der Waals surface area contributed by atoms with Gasteiger partial charge in [-0.2, -0.15) is 5.10 Å². The van der Waals surface area contributed by atoms with Crippen LogP contribution in [-0.2, 0) is 7.05 Å². The fourth-order valence-electron chi connectivity index (χ4n) is 3.12. The SMILES string of the molecule is COc1ccc2c(C(C)C)cc(-c3cc(C)nn3C)nc2c1C. The molecule has 0 aliphatic rings. The lowest BCUT2D eigenvalue weighted by molar-refractivity contribution is 0.412. The molecule has 0 unspecified atom stereocenters. The van der Waals surface area contributed by atoms with Gasteiger partial charge in [-0.3, -0.25) is 4.68 Å². The van der Waals surface area contributed by atoms with Crippen LogP contribution in [0.4, 0.5) is 0 Å². The molecular formula is C19H23N3O. The fraction of sp³-hybridized carbons (Fsp3) is 0.368. The molecule has 3 aromatic rings. The number of fused-ring (bicyclic) bond motifs is 1. The van der Waals surface area contributed by atoms with Crippen LogP contribution in [0.25, 0.3) is 22.3 Å². The standard InChI is InChI=1S/C19H23N3O/c1-11(2)15-10-16(17-9-12(3)21-22(17)5)20-19-13(4)18(23-6)8-7-14(15)19/h7-11H,1-6H3. The van der Waals surface area contributed by atoms with E-state index in [9.17, 15) is 0 Å². The molecule has 0 saturated heterocycles. The normalized spacial score (nSPS) is 11.4. The molecule has 120 valence electrons. The van der Waals surface area contributed by atoms with Crippen molar-refractivity contribution in [1.29, 1.82) is 0 Å². The van der Waals surface area contributed by atoms with E-state index < -0.39 is 0 Å². The number of benzene rings is 1. The molecule has 0 spiro atoms. The number of ether oxygens (including phenoxy) is 1. The maximum atomic E-state index is 5.47. The number of aryl methyl sites for hydroxylation is 3. The van der Waals surface area contributed by atoms with Crippen LogP contribution >= 0.6 is 0 Å². The Morgan fingerprint density at radius 2 is 1.87 bits per heavy atom. The number of hydrogen-bond acceptors (Lipinski definition) is 3. The van der Waals surface area contributed by atoms with Crippen molar-refractivity contribution in [2.45, 2.75) is 33.6 Å². The van der Waals surface area contributed by atoms with Crippen LogP contribution in [0.1, 0.15) is 36.6 Å². The molecule has 4 nitrogen and oxygen atoms in total. The van der Waals surface area contributed by atoms with E-state index in [0.717, 1.165) is 33.9 Å². The molecule has 0 N–H and O–H groups in total. The van der Waals surface area contributed by atoms with Crippen molar-refractivity contribution < 1.29 is 4.74 Å². The summed E-state index contributed by atoms with van der Waals surface area (Å²) < 4.78 is 7.36. The molecule has 2 aromatic heterocycles. The molecule has 1 aromatic carbocycles. The van der Waals surface area contributed by atoms with Gasteiger partial charge in [-0.25, -0.2) is 4.98 Å². The van der Waals surface area contributed by atoms with Gasteiger partial charge in [-0.15, -0.1) is 0 Å². The second kappa shape index (κ2) is 5.69. The third-order valence-electron chi connectivity index (χ3n) is 4.32. The zero-order valence-corrected chi connectivity index (χ0v) is 14.6. The Labute approximate surface area is 137 Å². The Morgan fingerprint density at radius 1 is 1.13 bits per heavy atom. The predicted octanol–water partition coefficient (Wildman–Crippen LogP) is 4.38. The van der Waals surface area contributed by atoms with E-state index in [-0.39, 0.29) is 0 Å². The van der Waals surface area contributed by atoms with E-state index in [4.69, 9.17) is 9.72 Å². The van der Waals surface area contributed by atoms with Crippen molar-refractivity contribution >= 4 is 10.9 Å². The molecule has 4 heteroatoms. The Hall–Kier alpha value is -2.36. The first-order valence-corrected chi connectivity index (χ1v) is 7.91. The number of hydrogen-bond donors (Lipinski definition) is 0. The molecule has 0 aliphatic carbocycles. The molecule has 0 amide bonds. The molecule has 0 radical (unpaired) electrons. The molecule has 0 fully saturated rings. The molecule has 0 atom stereocenters. The zero-order valence-electron chi connectivity index (χ0n) is 14.6. The highest BCUT2D eigenvalue weighted by Gasteiger charge is 2.16. The lowest BCUT2D eigenvalue weighted by Crippen LogP contribution is -2.00. The summed E-state index contributed by atoms with van der Waals surface area (Å²) in [4.78, 5) is 4.93. The minimum Gasteiger partial charge on any atom is -0.496 e. The second-order valence-corrected chi connectivity index (χ2v) is 6.33. The maximum Gasteiger partial charge on any atom is 0.123 e. The molecule has 0 bridgehead atoms. The highest BCUT2D eigenvalue weighted by molar-refractivity contribution is 5.89. The van der Waals surface area contributed by atoms with Gasteiger partial charge in [0, 0.05) is 18.0 Å². The van der Waals surface area contributed by atoms with Crippen LogP contribution in [0, 0.1) is 13.8 Å². The van der Waals surface area contributed by atoms with Gasteiger partial charge in [0.2, 0.25) is 0 Å². The molecule has 0 saturated carbocycles. The van der Waals surface area contributed by atoms with Crippen LogP contribution in [-0.4, -0.2) is 21.9 Å². The molecule has 2 heterocycles. The van der Waals surface area contributed by atoms with E-state index >= 15 is 0 Å². The smallest absolute Gasteiger partial charge is 0.123 e. The lowest BCUT2D eigenvalue weighted by atomic mass is 9.95. The first-order valence-electron chi connectivity index (χ1n) is 7.91. The number of methoxy groups -OCH3 is 1. The first kappa shape index (κ1) is 15.5. The second-order valence-electron chi connectivity index (χ2n) is 6.33. The van der Waals surface area contributed by atoms with Crippen LogP contribution in [0.5, 0.6) is 5.75 Å². The number of pyridine rings is 1. The quantitative estimate of drug-likeness (QED) is 0.720. The van der Waals surface area contributed by atoms with Crippen molar-refractivity contribution in [3.05, 3.63) is 41.1 Å². The van der Waals surface area contributed by atoms with Crippen molar-refractivity contribution in [3.63, 3.8) is 0 Å². The first-order chi connectivity index (χ1) is 10.9. The summed E-state index contributed by atoms with van der Waals surface area (Å²) in [5, 5.41) is 5.65. The summed E-state index contributed by atoms with van der Waals surface area (Å²) in [6, 6.07) is 8.41. The van der Waals surface area contributed by atoms with Crippen LogP contribution in [0.2, 0.25) is 0 Å². The Kier molecular flexibility index (Phi) is 3.84. The van der Waals surface area contributed by atoms with E-state index in [1.54, 1.807) is 7.11 Å². The Bertz CT molecular complexity index is 878. The van der Waals surface area contributed by atoms with E-state index in [2.05, 4.69) is 44.1 Å². The predicted molar refractivity (Wildman–Crippen MR) is 94.1 cm³/mol. The summed E-state index contributed by atoms with van der Waals surface area (Å²) >= 11 is 0. The van der Waals surface area contributed by atoms with Crippen LogP contribution in [0.3, 0.4) is 0 Å². The monoisotopic (exact) mass is 309 g/mol. The molecule has 3 rings (SSSR count). The largest absolute Gasteiger partial charge is 0.496 e. The maximum absolute atomic E-state index is 5.47. The third-order valence-corrected chi connectivity index (χ3v) is 4.32. The minimum absolute atomic E-state index is 0.418. The molecule has 23 heavy (non-hydrogen) atoms. The van der Waals surface area contributed by atoms with E-state index in [1.807, 2.05) is 24.7 Å². The van der Waals surface area contributed by atoms with Gasteiger partial charge in [-0.1, -0.05) is 13.8 Å². The van der Waals surface area contributed by atoms with Gasteiger partial charge in [0.1, 0.15) is 5.75 Å². The van der Waals surface area contributed by atoms with E-state index in [1.165, 1.54) is 10.9 Å². The zero-order chi connectivity index (χ0) is 16.7. The lowest BCUT2D eigenvalue weighted by Gasteiger charge is -2.15. The summed E-state index contributed by atoms with van der Waals surface area (Å²) in [6.07, 6.45) is 0. The average Bonchev–Trinajstić information content (AvgIpc) is 2.85. The van der Waals surface area contributed by atoms with Gasteiger partial charge in [0.05, 0.1) is 29.7 Å². The Morgan fingerprint density at radius 3 is 2.43 bits per heavy atom. The Balaban J connectivity index is 2.36. The van der Waals surface area contributed by atoms with Gasteiger partial charge >= 0.3 is 0 Å². The summed E-state index contributed by atoms with van der Waals surface area (Å²) in [7, 11) is 3.66. The number of aromatic nitrogens is 3. The van der Waals surface area contributed by atoms with Gasteiger partial charge < -0.3 is 4.74 Å². The topological polar surface area (TPSA) is 39.9 Å². The van der Waals surface area contributed by atoms with Crippen molar-refractivity contribution in [2.75, 3.05) is 7.11 Å². The number of nitrogens with zero attached hydrogens (tertiary/aromatic N) is 3. The van der Waals surface area contributed by atoms with Crippen LogP contribution in [0.15, 0.2) is 24.3 Å².